The molecule has 1 N–H and O–H groups in total. The van der Waals surface area contributed by atoms with Crippen molar-refractivity contribution in [2.24, 2.45) is 11.8 Å². The van der Waals surface area contributed by atoms with Crippen molar-refractivity contribution < 1.29 is 9.53 Å². The summed E-state index contributed by atoms with van der Waals surface area (Å²) in [5, 5.41) is 3.59. The average molecular weight is 282 g/mol. The molecule has 4 heteroatoms. The molecule has 0 aromatic heterocycles. The summed E-state index contributed by atoms with van der Waals surface area (Å²) in [6, 6.07) is 0. The van der Waals surface area contributed by atoms with E-state index in [1.54, 1.807) is 0 Å². The van der Waals surface area contributed by atoms with Crippen LogP contribution >= 0.6 is 0 Å². The van der Waals surface area contributed by atoms with E-state index in [4.69, 9.17) is 4.74 Å². The maximum absolute atomic E-state index is 12.5. The summed E-state index contributed by atoms with van der Waals surface area (Å²) in [5.41, 5.74) is -0.383. The second kappa shape index (κ2) is 6.90. The average Bonchev–Trinajstić information content (AvgIpc) is 3.05. The standard InChI is InChI=1S/C16H30N2O2/c1-4-18(5-2)10-9-17-16(15(19)20-6-3)12-13-7-8-14(16)11-13/h13-14,17H,4-12H2,1-3H3. The zero-order chi connectivity index (χ0) is 14.6. The van der Waals surface area contributed by atoms with Gasteiger partial charge in [-0.2, -0.15) is 0 Å². The molecule has 0 aliphatic heterocycles. The third-order valence-corrected chi connectivity index (χ3v) is 5.25. The lowest BCUT2D eigenvalue weighted by Crippen LogP contribution is -2.58. The predicted molar refractivity (Wildman–Crippen MR) is 80.6 cm³/mol. The maximum atomic E-state index is 12.5. The Kier molecular flexibility index (Phi) is 5.44. The van der Waals surface area contributed by atoms with Gasteiger partial charge in [-0.3, -0.25) is 4.79 Å². The molecule has 116 valence electrons. The molecule has 20 heavy (non-hydrogen) atoms. The number of nitrogens with zero attached hydrogens (tertiary/aromatic N) is 1. The molecular formula is C16H30N2O2. The summed E-state index contributed by atoms with van der Waals surface area (Å²) in [7, 11) is 0. The van der Waals surface area contributed by atoms with Crippen molar-refractivity contribution in [1.29, 1.82) is 0 Å². The number of ether oxygens (including phenoxy) is 1. The van der Waals surface area contributed by atoms with Crippen LogP contribution in [-0.2, 0) is 9.53 Å². The molecule has 0 amide bonds. The second-order valence-corrected chi connectivity index (χ2v) is 6.23. The van der Waals surface area contributed by atoms with Crippen molar-refractivity contribution in [3.8, 4) is 0 Å². The van der Waals surface area contributed by atoms with E-state index in [2.05, 4.69) is 24.1 Å². The number of fused-ring (bicyclic) bond motifs is 2. The van der Waals surface area contributed by atoms with Crippen LogP contribution in [0.3, 0.4) is 0 Å². The van der Waals surface area contributed by atoms with Gasteiger partial charge in [-0.15, -0.1) is 0 Å². The normalized spacial score (nSPS) is 32.0. The van der Waals surface area contributed by atoms with Gasteiger partial charge in [0.05, 0.1) is 6.61 Å². The first-order valence-corrected chi connectivity index (χ1v) is 8.30. The Balaban J connectivity index is 1.96. The number of carbonyl (C=O) groups is 1. The van der Waals surface area contributed by atoms with E-state index in [0.717, 1.165) is 38.5 Å². The van der Waals surface area contributed by atoms with Crippen molar-refractivity contribution in [1.82, 2.24) is 10.2 Å². The Morgan fingerprint density at radius 1 is 1.30 bits per heavy atom. The molecule has 2 fully saturated rings. The molecule has 2 rings (SSSR count). The van der Waals surface area contributed by atoms with Gasteiger partial charge in [0.1, 0.15) is 5.54 Å². The Bertz CT molecular complexity index is 330. The fraction of sp³-hybridized carbons (Fsp3) is 0.938. The summed E-state index contributed by atoms with van der Waals surface area (Å²) in [6.07, 6.45) is 4.66. The van der Waals surface area contributed by atoms with E-state index in [1.165, 1.54) is 19.3 Å². The van der Waals surface area contributed by atoms with Crippen LogP contribution in [0.1, 0.15) is 46.5 Å². The molecule has 3 atom stereocenters. The Hall–Kier alpha value is -0.610. The van der Waals surface area contributed by atoms with Crippen LogP contribution in [0.25, 0.3) is 0 Å². The zero-order valence-corrected chi connectivity index (χ0v) is 13.3. The third-order valence-electron chi connectivity index (χ3n) is 5.25. The lowest BCUT2D eigenvalue weighted by atomic mass is 9.81. The van der Waals surface area contributed by atoms with Gasteiger partial charge in [-0.25, -0.2) is 0 Å². The highest BCUT2D eigenvalue weighted by Gasteiger charge is 2.56. The molecule has 0 aromatic carbocycles. The molecule has 0 aromatic rings. The van der Waals surface area contributed by atoms with Gasteiger partial charge in [0.2, 0.25) is 0 Å². The maximum Gasteiger partial charge on any atom is 0.326 e. The third kappa shape index (κ3) is 3.01. The molecule has 2 saturated carbocycles. The molecule has 2 bridgehead atoms. The van der Waals surface area contributed by atoms with E-state index in [-0.39, 0.29) is 11.5 Å². The molecule has 0 heterocycles. The first-order chi connectivity index (χ1) is 9.66. The topological polar surface area (TPSA) is 41.6 Å². The number of esters is 1. The largest absolute Gasteiger partial charge is 0.465 e. The Morgan fingerprint density at radius 3 is 2.55 bits per heavy atom. The highest BCUT2D eigenvalue weighted by molar-refractivity contribution is 5.82. The minimum atomic E-state index is -0.383. The Morgan fingerprint density at radius 2 is 2.05 bits per heavy atom. The molecule has 0 spiro atoms. The van der Waals surface area contributed by atoms with Crippen molar-refractivity contribution >= 4 is 5.97 Å². The molecule has 3 unspecified atom stereocenters. The van der Waals surface area contributed by atoms with E-state index < -0.39 is 0 Å². The minimum absolute atomic E-state index is 0.00764. The van der Waals surface area contributed by atoms with Crippen molar-refractivity contribution in [3.05, 3.63) is 0 Å². The molecule has 4 nitrogen and oxygen atoms in total. The zero-order valence-electron chi connectivity index (χ0n) is 13.3. The van der Waals surface area contributed by atoms with Gasteiger partial charge in [-0.05, 0) is 51.1 Å². The number of carbonyl (C=O) groups excluding carboxylic acids is 1. The second-order valence-electron chi connectivity index (χ2n) is 6.23. The van der Waals surface area contributed by atoms with Crippen molar-refractivity contribution in [3.63, 3.8) is 0 Å². The predicted octanol–water partition coefficient (Wildman–Crippen LogP) is 2.04. The summed E-state index contributed by atoms with van der Waals surface area (Å²) in [4.78, 5) is 14.9. The van der Waals surface area contributed by atoms with Gasteiger partial charge in [0.25, 0.3) is 0 Å². The first kappa shape index (κ1) is 15.8. The highest BCUT2D eigenvalue weighted by atomic mass is 16.5. The van der Waals surface area contributed by atoms with E-state index in [1.807, 2.05) is 6.92 Å². The van der Waals surface area contributed by atoms with E-state index >= 15 is 0 Å². The van der Waals surface area contributed by atoms with Gasteiger partial charge in [-0.1, -0.05) is 20.3 Å². The lowest BCUT2D eigenvalue weighted by molar-refractivity contribution is -0.153. The summed E-state index contributed by atoms with van der Waals surface area (Å²) >= 11 is 0. The van der Waals surface area contributed by atoms with Gasteiger partial charge in [0, 0.05) is 13.1 Å². The summed E-state index contributed by atoms with van der Waals surface area (Å²) < 4.78 is 5.38. The van der Waals surface area contributed by atoms with Crippen LogP contribution in [0.5, 0.6) is 0 Å². The molecule has 0 radical (unpaired) electrons. The fourth-order valence-corrected chi connectivity index (χ4v) is 4.11. The molecule has 2 aliphatic rings. The number of hydrogen-bond acceptors (Lipinski definition) is 4. The smallest absolute Gasteiger partial charge is 0.326 e. The quantitative estimate of drug-likeness (QED) is 0.692. The van der Waals surface area contributed by atoms with Gasteiger partial charge >= 0.3 is 5.97 Å². The number of hydrogen-bond donors (Lipinski definition) is 1. The highest BCUT2D eigenvalue weighted by Crippen LogP contribution is 2.51. The van der Waals surface area contributed by atoms with Crippen LogP contribution in [0.4, 0.5) is 0 Å². The molecular weight excluding hydrogens is 252 g/mol. The number of nitrogens with one attached hydrogen (secondary N) is 1. The van der Waals surface area contributed by atoms with Gasteiger partial charge < -0.3 is 15.0 Å². The van der Waals surface area contributed by atoms with Crippen LogP contribution in [-0.4, -0.2) is 49.2 Å². The monoisotopic (exact) mass is 282 g/mol. The van der Waals surface area contributed by atoms with Crippen molar-refractivity contribution in [2.75, 3.05) is 32.8 Å². The van der Waals surface area contributed by atoms with Crippen LogP contribution < -0.4 is 5.32 Å². The van der Waals surface area contributed by atoms with Crippen LogP contribution in [0.15, 0.2) is 0 Å². The van der Waals surface area contributed by atoms with Crippen LogP contribution in [0, 0.1) is 11.8 Å². The Labute approximate surface area is 123 Å². The first-order valence-electron chi connectivity index (χ1n) is 8.30. The van der Waals surface area contributed by atoms with Crippen molar-refractivity contribution in [2.45, 2.75) is 52.0 Å². The number of likely N-dealkylation sites (N-methyl/N-ethyl adjacent to an activating group) is 1. The minimum Gasteiger partial charge on any atom is -0.465 e. The molecule has 2 aliphatic carbocycles. The van der Waals surface area contributed by atoms with Gasteiger partial charge in [0.15, 0.2) is 0 Å². The van der Waals surface area contributed by atoms with Crippen LogP contribution in [0.2, 0.25) is 0 Å². The van der Waals surface area contributed by atoms with E-state index in [9.17, 15) is 4.79 Å². The SMILES string of the molecule is CCOC(=O)C1(NCCN(CC)CC)CC2CCC1C2. The van der Waals surface area contributed by atoms with E-state index in [0.29, 0.717) is 12.5 Å². The lowest BCUT2D eigenvalue weighted by Gasteiger charge is -2.36. The summed E-state index contributed by atoms with van der Waals surface area (Å²) in [6.45, 7) is 10.8. The number of rotatable bonds is 8. The fourth-order valence-electron chi connectivity index (χ4n) is 4.11. The summed E-state index contributed by atoms with van der Waals surface area (Å²) in [5.74, 6) is 1.21. The molecule has 0 saturated heterocycles.